The number of esters is 1. The molecule has 460 valence electrons. The fourth-order valence-electron chi connectivity index (χ4n) is 9.92. The molecule has 79 heavy (non-hydrogen) atoms. The van der Waals surface area contributed by atoms with Gasteiger partial charge in [-0.1, -0.05) is 222 Å². The molecule has 2 aliphatic heterocycles. The fourth-order valence-corrected chi connectivity index (χ4v) is 9.92. The predicted molar refractivity (Wildman–Crippen MR) is 316 cm³/mol. The van der Waals surface area contributed by atoms with E-state index >= 15 is 0 Å². The predicted octanol–water partition coefficient (Wildman–Crippen LogP) is 12.4. The Labute approximate surface area is 479 Å². The number of carbonyl (C=O) groups is 1. The molecule has 0 spiro atoms. The molecule has 2 rings (SSSR count). The topological polar surface area (TPSA) is 214 Å². The normalized spacial score (nSPS) is 24.4. The lowest BCUT2D eigenvalue weighted by molar-refractivity contribution is -0.332. The van der Waals surface area contributed by atoms with E-state index < -0.39 is 80.7 Å². The van der Waals surface area contributed by atoms with E-state index in [2.05, 4.69) is 74.6 Å². The van der Waals surface area contributed by atoms with Crippen LogP contribution in [0.2, 0.25) is 0 Å². The minimum Gasteiger partial charge on any atom is -0.457 e. The molecule has 2 saturated heterocycles. The highest BCUT2D eigenvalue weighted by molar-refractivity contribution is 5.69. The summed E-state index contributed by atoms with van der Waals surface area (Å²) in [5, 5.41) is 72.5. The first-order valence-electron chi connectivity index (χ1n) is 31.9. The third-order valence-corrected chi connectivity index (χ3v) is 15.0. The van der Waals surface area contributed by atoms with Crippen LogP contribution < -0.4 is 0 Å². The summed E-state index contributed by atoms with van der Waals surface area (Å²) in [5.41, 5.74) is 0. The van der Waals surface area contributed by atoms with Crippen molar-refractivity contribution in [1.29, 1.82) is 0 Å². The molecule has 2 aliphatic rings. The van der Waals surface area contributed by atoms with Crippen LogP contribution in [0.5, 0.6) is 0 Å². The lowest BCUT2D eigenvalue weighted by Crippen LogP contribution is -2.61. The van der Waals surface area contributed by atoms with Crippen LogP contribution in [0.4, 0.5) is 0 Å². The number of hydrogen-bond donors (Lipinski definition) is 7. The van der Waals surface area contributed by atoms with Gasteiger partial charge in [-0.25, -0.2) is 0 Å². The molecule has 14 nitrogen and oxygen atoms in total. The summed E-state index contributed by atoms with van der Waals surface area (Å²) in [6.07, 6.45) is 48.6. The number of ether oxygens (including phenoxy) is 6. The van der Waals surface area contributed by atoms with Gasteiger partial charge < -0.3 is 64.2 Å². The molecule has 11 atom stereocenters. The number of hydrogen-bond acceptors (Lipinski definition) is 14. The van der Waals surface area contributed by atoms with E-state index in [0.29, 0.717) is 13.0 Å². The van der Waals surface area contributed by atoms with Crippen LogP contribution in [0.1, 0.15) is 245 Å². The zero-order valence-electron chi connectivity index (χ0n) is 49.6. The number of aliphatic hydroxyl groups is 7. The monoisotopic (exact) mass is 1120 g/mol. The fraction of sp³-hybridized carbons (Fsp3) is 0.831. The Balaban J connectivity index is 1.67. The van der Waals surface area contributed by atoms with E-state index in [-0.39, 0.29) is 25.6 Å². The average Bonchev–Trinajstić information content (AvgIpc) is 3.46. The molecular weight excluding hydrogens is 1000 g/mol. The summed E-state index contributed by atoms with van der Waals surface area (Å²) in [6.45, 7) is 3.58. The second-order valence-corrected chi connectivity index (χ2v) is 22.2. The third-order valence-electron chi connectivity index (χ3n) is 15.0. The number of aliphatic hydroxyl groups excluding tert-OH is 7. The first-order chi connectivity index (χ1) is 38.6. The van der Waals surface area contributed by atoms with Gasteiger partial charge in [-0.15, -0.1) is 0 Å². The molecule has 7 N–H and O–H groups in total. The highest BCUT2D eigenvalue weighted by Gasteiger charge is 2.47. The Hall–Kier alpha value is -2.31. The zero-order chi connectivity index (χ0) is 57.2. The summed E-state index contributed by atoms with van der Waals surface area (Å²) in [5.74, 6) is -0.379. The van der Waals surface area contributed by atoms with E-state index in [0.717, 1.165) is 70.6 Å². The first kappa shape index (κ1) is 72.8. The van der Waals surface area contributed by atoms with Crippen molar-refractivity contribution in [3.63, 3.8) is 0 Å². The Bertz CT molecular complexity index is 1540. The van der Waals surface area contributed by atoms with Crippen LogP contribution in [-0.2, 0) is 33.2 Å². The van der Waals surface area contributed by atoms with E-state index in [4.69, 9.17) is 28.4 Å². The van der Waals surface area contributed by atoms with Gasteiger partial charge in [-0.2, -0.15) is 0 Å². The molecule has 0 aromatic carbocycles. The van der Waals surface area contributed by atoms with Crippen molar-refractivity contribution in [1.82, 2.24) is 0 Å². The summed E-state index contributed by atoms with van der Waals surface area (Å²) in [6, 6.07) is 0. The van der Waals surface area contributed by atoms with Crippen LogP contribution in [0, 0.1) is 0 Å². The van der Waals surface area contributed by atoms with Crippen molar-refractivity contribution < 1.29 is 69.0 Å². The van der Waals surface area contributed by atoms with E-state index in [9.17, 15) is 40.5 Å². The van der Waals surface area contributed by atoms with E-state index in [1.165, 1.54) is 148 Å². The quantitative estimate of drug-likeness (QED) is 0.0172. The average molecular weight is 1120 g/mol. The van der Waals surface area contributed by atoms with Gasteiger partial charge in [-0.05, 0) is 77.0 Å². The lowest BCUT2D eigenvalue weighted by Gasteiger charge is -2.42. The second-order valence-electron chi connectivity index (χ2n) is 22.2. The highest BCUT2D eigenvalue weighted by Crippen LogP contribution is 2.27. The molecule has 2 heterocycles. The maximum Gasteiger partial charge on any atom is 0.306 e. The largest absolute Gasteiger partial charge is 0.457 e. The molecule has 14 heteroatoms. The van der Waals surface area contributed by atoms with Gasteiger partial charge in [0.2, 0.25) is 0 Å². The minimum atomic E-state index is -1.71. The molecule has 0 amide bonds. The summed E-state index contributed by atoms with van der Waals surface area (Å²) >= 11 is 0. The summed E-state index contributed by atoms with van der Waals surface area (Å²) < 4.78 is 34.5. The zero-order valence-corrected chi connectivity index (χ0v) is 49.6. The van der Waals surface area contributed by atoms with Crippen LogP contribution in [0.15, 0.2) is 60.8 Å². The minimum absolute atomic E-state index is 0.0533. The molecule has 0 aromatic heterocycles. The van der Waals surface area contributed by atoms with Crippen molar-refractivity contribution in [2.45, 2.75) is 313 Å². The van der Waals surface area contributed by atoms with Gasteiger partial charge in [-0.3, -0.25) is 4.79 Å². The molecule has 2 fully saturated rings. The van der Waals surface area contributed by atoms with Crippen molar-refractivity contribution in [3.8, 4) is 0 Å². The van der Waals surface area contributed by atoms with Gasteiger partial charge in [0.05, 0.1) is 26.4 Å². The molecule has 0 aliphatic carbocycles. The van der Waals surface area contributed by atoms with Crippen molar-refractivity contribution in [3.05, 3.63) is 60.8 Å². The molecule has 0 aromatic rings. The Morgan fingerprint density at radius 1 is 0.430 bits per heavy atom. The number of allylic oxidation sites excluding steroid dienone is 10. The van der Waals surface area contributed by atoms with Crippen molar-refractivity contribution in [2.75, 3.05) is 33.0 Å². The maximum atomic E-state index is 13.1. The van der Waals surface area contributed by atoms with Gasteiger partial charge in [0, 0.05) is 13.0 Å². The smallest absolute Gasteiger partial charge is 0.306 e. The SMILES string of the molecule is CC/C=C\C/C=C\C/C=C\C/C=C\CCCCCCCCCOCC(COC1OC(COC2OC(CO)C(O)C(O)C2O)C(O)C(O)C1O)OC(=O)CCCCCCCCCCCCCCC/C=C\CCCCCCCCCC. The Morgan fingerprint density at radius 2 is 0.823 bits per heavy atom. The number of unbranched alkanes of at least 4 members (excludes halogenated alkanes) is 28. The van der Waals surface area contributed by atoms with E-state index in [1.54, 1.807) is 0 Å². The second kappa shape index (κ2) is 51.3. The lowest BCUT2D eigenvalue weighted by atomic mass is 9.98. The van der Waals surface area contributed by atoms with E-state index in [1.807, 2.05) is 0 Å². The van der Waals surface area contributed by atoms with Gasteiger partial charge in [0.25, 0.3) is 0 Å². The van der Waals surface area contributed by atoms with Crippen LogP contribution >= 0.6 is 0 Å². The van der Waals surface area contributed by atoms with Crippen molar-refractivity contribution >= 4 is 5.97 Å². The Kier molecular flexibility index (Phi) is 47.3. The molecule has 0 bridgehead atoms. The maximum absolute atomic E-state index is 13.1. The van der Waals surface area contributed by atoms with Gasteiger partial charge in [0.1, 0.15) is 54.9 Å². The van der Waals surface area contributed by atoms with Crippen LogP contribution in [0.3, 0.4) is 0 Å². The standard InChI is InChI=1S/C65H116O14/c1-3-5-7-9-11-13-15-17-19-21-23-25-26-27-28-29-30-32-34-36-38-40-42-44-46-48-57(67)77-54(51-74-49-47-45-43-41-39-37-35-33-31-24-22-20-18-16-14-12-10-8-6-4-2)52-75-64-63(73)61(71)59(69)56(79-64)53-76-65-62(72)60(70)58(68)55(50-66)78-65/h6,8,12,14,18,20-21,23-24,31,54-56,58-66,68-73H,3-5,7,9-11,13,15-17,19,22,25-30,32-53H2,1-2H3/b8-6-,14-12-,20-18-,23-21-,31-24-. The van der Waals surface area contributed by atoms with Crippen LogP contribution in [-0.4, -0.2) is 142 Å². The molecule has 11 unspecified atom stereocenters. The van der Waals surface area contributed by atoms with Gasteiger partial charge >= 0.3 is 5.97 Å². The Morgan fingerprint density at radius 3 is 1.30 bits per heavy atom. The highest BCUT2D eigenvalue weighted by atomic mass is 16.7. The molecule has 0 radical (unpaired) electrons. The third kappa shape index (κ3) is 37.5. The molecular formula is C65H116O14. The summed E-state index contributed by atoms with van der Waals surface area (Å²) in [4.78, 5) is 13.1. The number of carbonyl (C=O) groups excluding carboxylic acids is 1. The first-order valence-corrected chi connectivity index (χ1v) is 31.9. The van der Waals surface area contributed by atoms with Crippen molar-refractivity contribution in [2.24, 2.45) is 0 Å². The summed E-state index contributed by atoms with van der Waals surface area (Å²) in [7, 11) is 0. The molecule has 0 saturated carbocycles. The van der Waals surface area contributed by atoms with Crippen LogP contribution in [0.25, 0.3) is 0 Å². The van der Waals surface area contributed by atoms with Gasteiger partial charge in [0.15, 0.2) is 12.6 Å². The number of rotatable bonds is 52.